The van der Waals surface area contributed by atoms with Crippen LogP contribution in [0, 0.1) is 11.8 Å². The first-order valence-corrected chi connectivity index (χ1v) is 4.92. The molecule has 0 amide bonds. The number of hydrogen-bond donors (Lipinski definition) is 0. The Morgan fingerprint density at radius 1 is 1.42 bits per heavy atom. The number of rotatable bonds is 5. The summed E-state index contributed by atoms with van der Waals surface area (Å²) in [6.45, 7) is 2.06. The maximum absolute atomic E-state index is 11.0. The van der Waals surface area contributed by atoms with Crippen molar-refractivity contribution in [2.45, 2.75) is 39.0 Å². The lowest BCUT2D eigenvalue weighted by molar-refractivity contribution is -0.113. The molecule has 0 N–H and O–H groups in total. The Bertz CT molecular complexity index is 176. The van der Waals surface area contributed by atoms with E-state index in [1.54, 1.807) is 0 Å². The van der Waals surface area contributed by atoms with E-state index in [9.17, 15) is 4.79 Å². The summed E-state index contributed by atoms with van der Waals surface area (Å²) in [5.74, 6) is 6.10. The quantitative estimate of drug-likeness (QED) is 0.279. The van der Waals surface area contributed by atoms with Crippen LogP contribution in [0.5, 0.6) is 0 Å². The summed E-state index contributed by atoms with van der Waals surface area (Å²) in [6, 6.07) is 0. The number of Topliss-reactive ketones (excluding diaryl/α,β-unsaturated/α-hetero) is 1. The number of ketones is 1. The molecule has 0 aliphatic heterocycles. The van der Waals surface area contributed by atoms with E-state index in [4.69, 9.17) is 11.6 Å². The number of carbonyl (C=O) groups excluding carboxylic acids is 1. The molecule has 0 aromatic carbocycles. The fourth-order valence-electron chi connectivity index (χ4n) is 0.716. The van der Waals surface area contributed by atoms with Gasteiger partial charge in [0.15, 0.2) is 0 Å². The second-order valence-corrected chi connectivity index (χ2v) is 3.00. The zero-order valence-corrected chi connectivity index (χ0v) is 8.28. The molecule has 68 valence electrons. The first-order valence-electron chi connectivity index (χ1n) is 4.39. The van der Waals surface area contributed by atoms with Crippen molar-refractivity contribution in [2.24, 2.45) is 0 Å². The molecule has 0 heterocycles. The van der Waals surface area contributed by atoms with Gasteiger partial charge in [-0.3, -0.25) is 4.79 Å². The summed E-state index contributed by atoms with van der Waals surface area (Å²) in [4.78, 5) is 11.0. The van der Waals surface area contributed by atoms with Gasteiger partial charge < -0.3 is 0 Å². The van der Waals surface area contributed by atoms with Crippen molar-refractivity contribution in [1.29, 1.82) is 0 Å². The smallest absolute Gasteiger partial charge is 0.205 e. The summed E-state index contributed by atoms with van der Waals surface area (Å²) < 4.78 is 0. The summed E-state index contributed by atoms with van der Waals surface area (Å²) >= 11 is 5.45. The highest BCUT2D eigenvalue weighted by atomic mass is 35.5. The van der Waals surface area contributed by atoms with E-state index in [0.29, 0.717) is 12.3 Å². The maximum atomic E-state index is 11.0. The number of carbonyl (C=O) groups is 1. The zero-order chi connectivity index (χ0) is 9.23. The Balaban J connectivity index is 3.43. The van der Waals surface area contributed by atoms with Crippen LogP contribution in [0.25, 0.3) is 0 Å². The second kappa shape index (κ2) is 8.62. The average Bonchev–Trinajstić information content (AvgIpc) is 2.09. The highest BCUT2D eigenvalue weighted by Crippen LogP contribution is 1.94. The molecule has 0 aromatic rings. The van der Waals surface area contributed by atoms with Crippen LogP contribution in [-0.2, 0) is 4.79 Å². The molecule has 0 saturated carbocycles. The number of halogens is 1. The molecule has 0 saturated heterocycles. The minimum absolute atomic E-state index is 0.0615. The van der Waals surface area contributed by atoms with Gasteiger partial charge in [0.2, 0.25) is 5.78 Å². The fourth-order valence-corrected chi connectivity index (χ4v) is 0.850. The van der Waals surface area contributed by atoms with Crippen LogP contribution in [0.15, 0.2) is 0 Å². The van der Waals surface area contributed by atoms with E-state index in [1.165, 1.54) is 0 Å². The molecule has 0 fully saturated rings. The van der Waals surface area contributed by atoms with Crippen LogP contribution in [-0.4, -0.2) is 11.7 Å². The predicted molar refractivity (Wildman–Crippen MR) is 52.3 cm³/mol. The van der Waals surface area contributed by atoms with Gasteiger partial charge in [0.25, 0.3) is 0 Å². The molecule has 0 unspecified atom stereocenters. The topological polar surface area (TPSA) is 17.1 Å². The Labute approximate surface area is 79.5 Å². The van der Waals surface area contributed by atoms with Gasteiger partial charge in [-0.05, 0) is 18.8 Å². The van der Waals surface area contributed by atoms with E-state index in [1.807, 2.05) is 0 Å². The molecule has 0 aliphatic rings. The molecule has 0 rings (SSSR count). The summed E-state index contributed by atoms with van der Waals surface area (Å²) in [7, 11) is 0. The first kappa shape index (κ1) is 11.5. The van der Waals surface area contributed by atoms with Crippen LogP contribution in [0.3, 0.4) is 0 Å². The molecule has 0 atom stereocenters. The van der Waals surface area contributed by atoms with Gasteiger partial charge in [0, 0.05) is 18.7 Å². The second-order valence-electron chi connectivity index (χ2n) is 2.62. The molecule has 2 heteroatoms. The van der Waals surface area contributed by atoms with E-state index in [0.717, 1.165) is 25.7 Å². The number of alkyl halides is 1. The van der Waals surface area contributed by atoms with Gasteiger partial charge in [0.05, 0.1) is 0 Å². The van der Waals surface area contributed by atoms with Crippen LogP contribution in [0.2, 0.25) is 0 Å². The average molecular weight is 187 g/mol. The van der Waals surface area contributed by atoms with Gasteiger partial charge in [-0.15, -0.1) is 11.6 Å². The van der Waals surface area contributed by atoms with Gasteiger partial charge in [-0.25, -0.2) is 0 Å². The highest BCUT2D eigenvalue weighted by molar-refractivity contribution is 6.17. The Hall–Kier alpha value is -0.480. The molecule has 0 spiro atoms. The van der Waals surface area contributed by atoms with Gasteiger partial charge in [0.1, 0.15) is 0 Å². The SMILES string of the molecule is CCCCC(=O)C#CCCCCl. The van der Waals surface area contributed by atoms with Crippen molar-refractivity contribution in [3.8, 4) is 11.8 Å². The Morgan fingerprint density at radius 2 is 2.17 bits per heavy atom. The Kier molecular flexibility index (Phi) is 8.27. The number of hydrogen-bond acceptors (Lipinski definition) is 1. The minimum Gasteiger partial charge on any atom is -0.285 e. The van der Waals surface area contributed by atoms with E-state index in [2.05, 4.69) is 18.8 Å². The van der Waals surface area contributed by atoms with Crippen LogP contribution in [0.1, 0.15) is 39.0 Å². The molecule has 1 nitrogen and oxygen atoms in total. The Morgan fingerprint density at radius 3 is 2.75 bits per heavy atom. The van der Waals surface area contributed by atoms with Crippen molar-refractivity contribution in [1.82, 2.24) is 0 Å². The summed E-state index contributed by atoms with van der Waals surface area (Å²) in [5, 5.41) is 0. The monoisotopic (exact) mass is 186 g/mol. The molecular weight excluding hydrogens is 172 g/mol. The van der Waals surface area contributed by atoms with Crippen molar-refractivity contribution in [2.75, 3.05) is 5.88 Å². The lowest BCUT2D eigenvalue weighted by atomic mass is 10.2. The molecule has 0 aromatic heterocycles. The van der Waals surface area contributed by atoms with E-state index >= 15 is 0 Å². The summed E-state index contributed by atoms with van der Waals surface area (Å²) in [6.07, 6.45) is 4.21. The zero-order valence-electron chi connectivity index (χ0n) is 7.53. The van der Waals surface area contributed by atoms with Crippen LogP contribution in [0.4, 0.5) is 0 Å². The third-order valence-corrected chi connectivity index (χ3v) is 1.69. The third kappa shape index (κ3) is 7.63. The molecule has 0 aliphatic carbocycles. The normalized spacial score (nSPS) is 8.83. The minimum atomic E-state index is 0.0615. The lowest BCUT2D eigenvalue weighted by Gasteiger charge is -1.88. The number of unbranched alkanes of at least 4 members (excludes halogenated alkanes) is 2. The molecular formula is C10H15ClO. The largest absolute Gasteiger partial charge is 0.285 e. The maximum Gasteiger partial charge on any atom is 0.205 e. The van der Waals surface area contributed by atoms with Crippen molar-refractivity contribution >= 4 is 17.4 Å². The van der Waals surface area contributed by atoms with Gasteiger partial charge in [-0.2, -0.15) is 0 Å². The van der Waals surface area contributed by atoms with Crippen molar-refractivity contribution in [3.05, 3.63) is 0 Å². The van der Waals surface area contributed by atoms with Crippen molar-refractivity contribution in [3.63, 3.8) is 0 Å². The molecule has 0 radical (unpaired) electrons. The molecule has 0 bridgehead atoms. The van der Waals surface area contributed by atoms with Gasteiger partial charge >= 0.3 is 0 Å². The van der Waals surface area contributed by atoms with Crippen LogP contribution < -0.4 is 0 Å². The van der Waals surface area contributed by atoms with Crippen LogP contribution >= 0.6 is 11.6 Å². The van der Waals surface area contributed by atoms with E-state index in [-0.39, 0.29) is 5.78 Å². The lowest BCUT2D eigenvalue weighted by Crippen LogP contribution is -1.91. The standard InChI is InChI=1S/C10H15ClO/c1-2-3-7-10(12)8-5-4-6-9-11/h2-4,6-7,9H2,1H3. The first-order chi connectivity index (χ1) is 5.81. The third-order valence-electron chi connectivity index (χ3n) is 1.42. The predicted octanol–water partition coefficient (Wildman–Crippen LogP) is 2.77. The highest BCUT2D eigenvalue weighted by Gasteiger charge is 1.93. The van der Waals surface area contributed by atoms with Crippen molar-refractivity contribution < 1.29 is 4.79 Å². The van der Waals surface area contributed by atoms with E-state index < -0.39 is 0 Å². The fraction of sp³-hybridized carbons (Fsp3) is 0.700. The summed E-state index contributed by atoms with van der Waals surface area (Å²) in [5.41, 5.74) is 0. The van der Waals surface area contributed by atoms with Gasteiger partial charge in [-0.1, -0.05) is 19.3 Å². The molecule has 12 heavy (non-hydrogen) atoms.